The molecule has 174 valence electrons. The smallest absolute Gasteiger partial charge is 0.227 e. The maximum absolute atomic E-state index is 13.2. The Hall–Kier alpha value is -2.97. The number of thioether (sulfide) groups is 1. The van der Waals surface area contributed by atoms with Crippen LogP contribution in [0.4, 0.5) is 5.95 Å². The van der Waals surface area contributed by atoms with Gasteiger partial charge in [-0.25, -0.2) is 4.68 Å². The lowest BCUT2D eigenvalue weighted by molar-refractivity contribution is -0.117. The minimum absolute atomic E-state index is 0.151. The largest absolute Gasteiger partial charge is 0.486 e. The van der Waals surface area contributed by atoms with Crippen LogP contribution in [0.2, 0.25) is 5.02 Å². The molecule has 0 spiro atoms. The number of ether oxygens (including phenoxy) is 2. The first kappa shape index (κ1) is 21.6. The summed E-state index contributed by atoms with van der Waals surface area (Å²) in [5.41, 5.74) is 3.78. The third-order valence-electron chi connectivity index (χ3n) is 6.27. The van der Waals surface area contributed by atoms with Gasteiger partial charge < -0.3 is 14.8 Å². The number of nitrogens with one attached hydrogen (secondary N) is 1. The van der Waals surface area contributed by atoms with Crippen LogP contribution in [0, 0.1) is 5.92 Å². The van der Waals surface area contributed by atoms with Gasteiger partial charge in [-0.05, 0) is 47.7 Å². The maximum atomic E-state index is 13.2. The number of carbonyl (C=O) groups excluding carboxylic acids is 1. The molecular weight excluding hydrogens is 472 g/mol. The van der Waals surface area contributed by atoms with Crippen molar-refractivity contribution >= 4 is 35.1 Å². The van der Waals surface area contributed by atoms with Crippen molar-refractivity contribution in [1.29, 1.82) is 0 Å². The van der Waals surface area contributed by atoms with Crippen molar-refractivity contribution in [3.8, 4) is 11.5 Å². The molecule has 0 saturated carbocycles. The summed E-state index contributed by atoms with van der Waals surface area (Å²) >= 11 is 7.56. The van der Waals surface area contributed by atoms with Gasteiger partial charge in [0.15, 0.2) is 17.3 Å². The zero-order valence-corrected chi connectivity index (χ0v) is 20.2. The van der Waals surface area contributed by atoms with Crippen LogP contribution < -0.4 is 14.8 Å². The van der Waals surface area contributed by atoms with E-state index in [2.05, 4.69) is 12.2 Å². The number of halogens is 1. The lowest BCUT2D eigenvalue weighted by Crippen LogP contribution is -2.33. The molecule has 1 aromatic heterocycles. The molecular formula is C25H23ClN4O3S. The quantitative estimate of drug-likeness (QED) is 0.495. The van der Waals surface area contributed by atoms with Crippen LogP contribution in [-0.4, -0.2) is 33.8 Å². The molecule has 0 fully saturated rings. The zero-order chi connectivity index (χ0) is 23.2. The maximum Gasteiger partial charge on any atom is 0.227 e. The Morgan fingerprint density at radius 1 is 1.12 bits per heavy atom. The number of rotatable bonds is 4. The second-order valence-electron chi connectivity index (χ2n) is 8.84. The Bertz CT molecular complexity index is 1300. The van der Waals surface area contributed by atoms with E-state index in [0.29, 0.717) is 41.5 Å². The van der Waals surface area contributed by atoms with Crippen LogP contribution >= 0.6 is 23.4 Å². The van der Waals surface area contributed by atoms with Crippen molar-refractivity contribution in [3.63, 3.8) is 0 Å². The molecule has 2 unspecified atom stereocenters. The van der Waals surface area contributed by atoms with Gasteiger partial charge in [0.05, 0.1) is 0 Å². The molecule has 1 aliphatic carbocycles. The second-order valence-corrected chi connectivity index (χ2v) is 10.2. The molecule has 3 aliphatic rings. The van der Waals surface area contributed by atoms with Crippen LogP contribution in [0.5, 0.6) is 11.5 Å². The number of ketones is 1. The molecule has 9 heteroatoms. The Morgan fingerprint density at radius 2 is 1.91 bits per heavy atom. The second kappa shape index (κ2) is 8.67. The number of hydrogen-bond acceptors (Lipinski definition) is 7. The summed E-state index contributed by atoms with van der Waals surface area (Å²) in [7, 11) is 0. The summed E-state index contributed by atoms with van der Waals surface area (Å²) in [6.45, 7) is 3.15. The van der Waals surface area contributed by atoms with Gasteiger partial charge in [-0.3, -0.25) is 4.79 Å². The molecule has 0 bridgehead atoms. The van der Waals surface area contributed by atoms with Crippen LogP contribution in [0.1, 0.15) is 36.9 Å². The van der Waals surface area contributed by atoms with Crippen molar-refractivity contribution in [3.05, 3.63) is 69.9 Å². The van der Waals surface area contributed by atoms with Crippen LogP contribution in [0.3, 0.4) is 0 Å². The highest BCUT2D eigenvalue weighted by Crippen LogP contribution is 2.44. The number of hydrogen-bond donors (Lipinski definition) is 1. The lowest BCUT2D eigenvalue weighted by Gasteiger charge is -2.34. The summed E-state index contributed by atoms with van der Waals surface area (Å²) in [6.07, 6.45) is 1.34. The molecule has 2 aliphatic heterocycles. The monoisotopic (exact) mass is 494 g/mol. The fourth-order valence-electron chi connectivity index (χ4n) is 4.71. The number of benzene rings is 2. The molecule has 0 saturated heterocycles. The summed E-state index contributed by atoms with van der Waals surface area (Å²) < 4.78 is 13.4. The molecule has 3 heterocycles. The number of allylic oxidation sites excluding steroid dienone is 2. The number of anilines is 1. The Labute approximate surface area is 206 Å². The van der Waals surface area contributed by atoms with Crippen molar-refractivity contribution in [1.82, 2.24) is 14.8 Å². The van der Waals surface area contributed by atoms with E-state index >= 15 is 0 Å². The Balaban J connectivity index is 1.37. The summed E-state index contributed by atoms with van der Waals surface area (Å²) in [5, 5.41) is 9.60. The SMILES string of the molecule is CC1CC(=O)C2=C(C1)Nc1nc(SCc3ccc(Cl)cc3)nn1C2c1ccc2c(c1)OCCO2. The highest BCUT2D eigenvalue weighted by atomic mass is 35.5. The third-order valence-corrected chi connectivity index (χ3v) is 7.43. The summed E-state index contributed by atoms with van der Waals surface area (Å²) in [4.78, 5) is 18.0. The van der Waals surface area contributed by atoms with Crippen molar-refractivity contribution in [2.75, 3.05) is 18.5 Å². The van der Waals surface area contributed by atoms with Gasteiger partial charge in [-0.1, -0.05) is 48.5 Å². The molecule has 6 rings (SSSR count). The number of aromatic nitrogens is 3. The van der Waals surface area contributed by atoms with Gasteiger partial charge in [0.2, 0.25) is 11.1 Å². The molecule has 34 heavy (non-hydrogen) atoms. The average molecular weight is 495 g/mol. The topological polar surface area (TPSA) is 78.3 Å². The predicted octanol–water partition coefficient (Wildman–Crippen LogP) is 5.26. The first-order chi connectivity index (χ1) is 16.5. The summed E-state index contributed by atoms with van der Waals surface area (Å²) in [6, 6.07) is 13.3. The standard InChI is InChI=1S/C25H23ClN4O3S/c1-14-10-18-22(19(31)11-14)23(16-4-7-20-21(12-16)33-9-8-32-20)30-24(27-18)28-25(29-30)34-13-15-2-5-17(26)6-3-15/h2-7,12,14,23H,8-11,13H2,1H3,(H,27,28,29). The molecule has 7 nitrogen and oxygen atoms in total. The minimum atomic E-state index is -0.362. The van der Waals surface area contributed by atoms with E-state index in [1.54, 1.807) is 11.8 Å². The van der Waals surface area contributed by atoms with E-state index in [-0.39, 0.29) is 17.7 Å². The summed E-state index contributed by atoms with van der Waals surface area (Å²) in [5.74, 6) is 3.22. The Morgan fingerprint density at radius 3 is 2.74 bits per heavy atom. The van der Waals surface area contributed by atoms with Crippen LogP contribution in [-0.2, 0) is 10.5 Å². The number of fused-ring (bicyclic) bond motifs is 2. The fraction of sp³-hybridized carbons (Fsp3) is 0.320. The van der Waals surface area contributed by atoms with Gasteiger partial charge in [-0.15, -0.1) is 5.10 Å². The van der Waals surface area contributed by atoms with E-state index in [4.69, 9.17) is 31.2 Å². The normalized spacial score (nSPS) is 21.1. The molecule has 2 atom stereocenters. The number of Topliss-reactive ketones (excluding diaryl/α,β-unsaturated/α-hetero) is 1. The highest BCUT2D eigenvalue weighted by Gasteiger charge is 2.39. The first-order valence-electron chi connectivity index (χ1n) is 11.3. The van der Waals surface area contributed by atoms with E-state index in [1.807, 2.05) is 47.1 Å². The molecule has 3 aromatic rings. The molecule has 0 amide bonds. The number of nitrogens with zero attached hydrogens (tertiary/aromatic N) is 3. The highest BCUT2D eigenvalue weighted by molar-refractivity contribution is 7.98. The first-order valence-corrected chi connectivity index (χ1v) is 12.7. The van der Waals surface area contributed by atoms with Crippen molar-refractivity contribution in [2.45, 2.75) is 36.7 Å². The molecule has 1 N–H and O–H groups in total. The van der Waals surface area contributed by atoms with Gasteiger partial charge in [0, 0.05) is 28.5 Å². The minimum Gasteiger partial charge on any atom is -0.486 e. The average Bonchev–Trinajstić information content (AvgIpc) is 3.24. The van der Waals surface area contributed by atoms with Gasteiger partial charge in [0.25, 0.3) is 0 Å². The Kier molecular flexibility index (Phi) is 5.50. The van der Waals surface area contributed by atoms with Crippen LogP contribution in [0.25, 0.3) is 0 Å². The number of carbonyl (C=O) groups is 1. The van der Waals surface area contributed by atoms with E-state index in [1.165, 1.54) is 0 Å². The lowest BCUT2D eigenvalue weighted by atomic mass is 9.81. The van der Waals surface area contributed by atoms with Gasteiger partial charge in [-0.2, -0.15) is 4.98 Å². The molecule has 0 radical (unpaired) electrons. The van der Waals surface area contributed by atoms with Crippen molar-refractivity contribution in [2.24, 2.45) is 5.92 Å². The van der Waals surface area contributed by atoms with Gasteiger partial charge >= 0.3 is 0 Å². The predicted molar refractivity (Wildman–Crippen MR) is 131 cm³/mol. The fourth-order valence-corrected chi connectivity index (χ4v) is 5.63. The van der Waals surface area contributed by atoms with E-state index in [0.717, 1.165) is 40.3 Å². The van der Waals surface area contributed by atoms with E-state index in [9.17, 15) is 4.79 Å². The van der Waals surface area contributed by atoms with E-state index < -0.39 is 0 Å². The van der Waals surface area contributed by atoms with Crippen molar-refractivity contribution < 1.29 is 14.3 Å². The van der Waals surface area contributed by atoms with Gasteiger partial charge in [0.1, 0.15) is 19.3 Å². The zero-order valence-electron chi connectivity index (χ0n) is 18.6. The van der Waals surface area contributed by atoms with Crippen LogP contribution in [0.15, 0.2) is 58.9 Å². The molecule has 2 aromatic carbocycles. The third kappa shape index (κ3) is 3.95.